The summed E-state index contributed by atoms with van der Waals surface area (Å²) in [4.78, 5) is 17.3. The Morgan fingerprint density at radius 2 is 1.74 bits per heavy atom. The predicted molar refractivity (Wildman–Crippen MR) is 139 cm³/mol. The van der Waals surface area contributed by atoms with E-state index in [0.29, 0.717) is 10.8 Å². The molecule has 0 fully saturated rings. The highest BCUT2D eigenvalue weighted by molar-refractivity contribution is 6.30. The molecule has 0 saturated heterocycles. The van der Waals surface area contributed by atoms with Gasteiger partial charge in [0.15, 0.2) is 0 Å². The van der Waals surface area contributed by atoms with Crippen LogP contribution in [0.25, 0.3) is 22.0 Å². The van der Waals surface area contributed by atoms with Crippen LogP contribution in [0.1, 0.15) is 58.8 Å². The van der Waals surface area contributed by atoms with Crippen LogP contribution in [0.5, 0.6) is 0 Å². The Kier molecular flexibility index (Phi) is 7.56. The van der Waals surface area contributed by atoms with Gasteiger partial charge in [-0.15, -0.1) is 0 Å². The average Bonchev–Trinajstić information content (AvgIpc) is 2.74. The summed E-state index contributed by atoms with van der Waals surface area (Å²) in [7, 11) is 0. The predicted octanol–water partition coefficient (Wildman–Crippen LogP) is 6.59. The van der Waals surface area contributed by atoms with E-state index in [0.717, 1.165) is 33.2 Å². The van der Waals surface area contributed by atoms with Gasteiger partial charge in [0.25, 0.3) is 0 Å². The molecular formula is C27H34ClN3O3. The van der Waals surface area contributed by atoms with E-state index in [1.54, 1.807) is 0 Å². The van der Waals surface area contributed by atoms with Crippen molar-refractivity contribution in [3.63, 3.8) is 0 Å². The third-order valence-corrected chi connectivity index (χ3v) is 5.57. The van der Waals surface area contributed by atoms with Gasteiger partial charge in [-0.2, -0.15) is 0 Å². The summed E-state index contributed by atoms with van der Waals surface area (Å²) in [6.07, 6.45) is -0.492. The van der Waals surface area contributed by atoms with Gasteiger partial charge in [-0.05, 0) is 101 Å². The van der Waals surface area contributed by atoms with Gasteiger partial charge in [0.2, 0.25) is 0 Å². The molecule has 6 nitrogen and oxygen atoms in total. The second kappa shape index (κ2) is 9.90. The van der Waals surface area contributed by atoms with E-state index in [9.17, 15) is 4.79 Å². The number of carbonyl (C=O) groups is 1. The average molecular weight is 484 g/mol. The summed E-state index contributed by atoms with van der Waals surface area (Å²) in [6, 6.07) is 13.5. The van der Waals surface area contributed by atoms with Crippen LogP contribution >= 0.6 is 11.6 Å². The highest BCUT2D eigenvalue weighted by Gasteiger charge is 2.30. The molecule has 34 heavy (non-hydrogen) atoms. The minimum Gasteiger partial charge on any atom is -0.462 e. The molecule has 0 bridgehead atoms. The van der Waals surface area contributed by atoms with Crippen molar-refractivity contribution in [1.82, 2.24) is 4.98 Å². The standard InChI is InChI=1S/C27H34ClN3O3/c1-16-14-20-19(12-13-22(30-20)31-29)24(17-8-10-18(28)11-9-17)23(16)21(34-27(5,6)7)15-33-25(32)26(2,3)4/h8-14,21H,15,29H2,1-7H3,(H,30,31)/t21-/m1/s1. The number of nitrogen functional groups attached to an aromatic ring is 1. The van der Waals surface area contributed by atoms with Crippen LogP contribution in [0.15, 0.2) is 42.5 Å². The molecule has 7 heteroatoms. The third kappa shape index (κ3) is 6.06. The van der Waals surface area contributed by atoms with E-state index in [4.69, 9.17) is 26.9 Å². The third-order valence-electron chi connectivity index (χ3n) is 5.32. The largest absolute Gasteiger partial charge is 0.462 e. The smallest absolute Gasteiger partial charge is 0.311 e. The maximum absolute atomic E-state index is 12.6. The SMILES string of the molecule is Cc1cc2nc(NN)ccc2c(-c2ccc(Cl)cc2)c1[C@@H](COC(=O)C(C)(C)C)OC(C)(C)C. The first-order valence-electron chi connectivity index (χ1n) is 11.3. The summed E-state index contributed by atoms with van der Waals surface area (Å²) in [5, 5.41) is 1.59. The number of hydrazine groups is 1. The first-order chi connectivity index (χ1) is 15.8. The summed E-state index contributed by atoms with van der Waals surface area (Å²) in [6.45, 7) is 13.6. The molecule has 1 aromatic heterocycles. The van der Waals surface area contributed by atoms with Crippen molar-refractivity contribution in [2.45, 2.75) is 60.2 Å². The van der Waals surface area contributed by atoms with Crippen molar-refractivity contribution in [1.29, 1.82) is 0 Å². The fourth-order valence-electron chi connectivity index (χ4n) is 3.82. The lowest BCUT2D eigenvalue weighted by Crippen LogP contribution is -2.30. The minimum absolute atomic E-state index is 0.0934. The number of benzene rings is 2. The van der Waals surface area contributed by atoms with Crippen LogP contribution in [0.4, 0.5) is 5.82 Å². The molecule has 3 rings (SSSR count). The molecule has 182 valence electrons. The van der Waals surface area contributed by atoms with E-state index in [1.807, 2.05) is 90.9 Å². The Morgan fingerprint density at radius 1 is 1.09 bits per heavy atom. The van der Waals surface area contributed by atoms with Gasteiger partial charge >= 0.3 is 5.97 Å². The van der Waals surface area contributed by atoms with Crippen molar-refractivity contribution >= 4 is 34.3 Å². The van der Waals surface area contributed by atoms with Gasteiger partial charge in [0.05, 0.1) is 16.5 Å². The number of aromatic nitrogens is 1. The second-order valence-corrected chi connectivity index (χ2v) is 10.9. The van der Waals surface area contributed by atoms with E-state index >= 15 is 0 Å². The molecule has 1 heterocycles. The Bertz CT molecular complexity index is 1180. The van der Waals surface area contributed by atoms with Crippen LogP contribution in [0.3, 0.4) is 0 Å². The van der Waals surface area contributed by atoms with Crippen LogP contribution in [-0.4, -0.2) is 23.2 Å². The summed E-state index contributed by atoms with van der Waals surface area (Å²) in [5.74, 6) is 5.90. The zero-order valence-electron chi connectivity index (χ0n) is 21.0. The lowest BCUT2D eigenvalue weighted by Gasteiger charge is -2.31. The molecule has 0 aliphatic heterocycles. The Balaban J connectivity index is 2.25. The molecule has 3 aromatic rings. The number of fused-ring (bicyclic) bond motifs is 1. The van der Waals surface area contributed by atoms with Crippen molar-refractivity contribution < 1.29 is 14.3 Å². The van der Waals surface area contributed by atoms with Gasteiger partial charge in [-0.3, -0.25) is 4.79 Å². The topological polar surface area (TPSA) is 86.5 Å². The molecule has 0 amide bonds. The second-order valence-electron chi connectivity index (χ2n) is 10.5. The summed E-state index contributed by atoms with van der Waals surface area (Å²) >= 11 is 6.19. The van der Waals surface area contributed by atoms with Gasteiger partial charge in [0, 0.05) is 10.4 Å². The van der Waals surface area contributed by atoms with Crippen LogP contribution in [-0.2, 0) is 14.3 Å². The minimum atomic E-state index is -0.612. The maximum atomic E-state index is 12.6. The van der Waals surface area contributed by atoms with E-state index in [2.05, 4.69) is 10.4 Å². The number of nitrogens with one attached hydrogen (secondary N) is 1. The quantitative estimate of drug-likeness (QED) is 0.233. The first-order valence-corrected chi connectivity index (χ1v) is 11.7. The fraction of sp³-hybridized carbons (Fsp3) is 0.407. The van der Waals surface area contributed by atoms with E-state index in [-0.39, 0.29) is 12.6 Å². The molecular weight excluding hydrogens is 450 g/mol. The van der Waals surface area contributed by atoms with Crippen LogP contribution in [0, 0.1) is 12.3 Å². The number of hydrogen-bond donors (Lipinski definition) is 2. The van der Waals surface area contributed by atoms with Crippen molar-refractivity contribution in [2.75, 3.05) is 12.0 Å². The molecule has 1 atom stereocenters. The molecule has 0 saturated carbocycles. The molecule has 2 aromatic carbocycles. The number of pyridine rings is 1. The number of carbonyl (C=O) groups excluding carboxylic acids is 1. The normalized spacial score (nSPS) is 13.1. The Morgan fingerprint density at radius 3 is 2.29 bits per heavy atom. The van der Waals surface area contributed by atoms with Crippen molar-refractivity contribution in [3.8, 4) is 11.1 Å². The molecule has 0 spiro atoms. The molecule has 0 aliphatic rings. The lowest BCUT2D eigenvalue weighted by molar-refractivity contribution is -0.162. The maximum Gasteiger partial charge on any atom is 0.311 e. The number of anilines is 1. The Hall–Kier alpha value is -2.67. The number of ether oxygens (including phenoxy) is 2. The molecule has 0 unspecified atom stereocenters. The summed E-state index contributed by atoms with van der Waals surface area (Å²) in [5.41, 5.74) is 6.17. The van der Waals surface area contributed by atoms with Gasteiger partial charge in [-0.1, -0.05) is 23.7 Å². The Labute approximate surface area is 206 Å². The molecule has 3 N–H and O–H groups in total. The van der Waals surface area contributed by atoms with Crippen molar-refractivity contribution in [3.05, 3.63) is 58.6 Å². The number of hydrogen-bond acceptors (Lipinski definition) is 6. The van der Waals surface area contributed by atoms with Crippen LogP contribution in [0.2, 0.25) is 5.02 Å². The highest BCUT2D eigenvalue weighted by Crippen LogP contribution is 2.41. The monoisotopic (exact) mass is 483 g/mol. The number of halogens is 1. The number of rotatable bonds is 6. The van der Waals surface area contributed by atoms with E-state index in [1.165, 1.54) is 0 Å². The number of esters is 1. The zero-order chi connectivity index (χ0) is 25.3. The number of aryl methyl sites for hydroxylation is 1. The number of nitrogens with zero attached hydrogens (tertiary/aromatic N) is 1. The van der Waals surface area contributed by atoms with E-state index < -0.39 is 17.1 Å². The highest BCUT2D eigenvalue weighted by atomic mass is 35.5. The van der Waals surface area contributed by atoms with Gasteiger partial charge in [0.1, 0.15) is 18.5 Å². The molecule has 0 radical (unpaired) electrons. The van der Waals surface area contributed by atoms with Crippen LogP contribution < -0.4 is 11.3 Å². The first kappa shape index (κ1) is 25.9. The molecule has 0 aliphatic carbocycles. The lowest BCUT2D eigenvalue weighted by atomic mass is 9.88. The van der Waals surface area contributed by atoms with Gasteiger partial charge in [-0.25, -0.2) is 10.8 Å². The summed E-state index contributed by atoms with van der Waals surface area (Å²) < 4.78 is 12.2. The number of nitrogens with two attached hydrogens (primary N) is 1. The van der Waals surface area contributed by atoms with Gasteiger partial charge < -0.3 is 14.9 Å². The van der Waals surface area contributed by atoms with Crippen molar-refractivity contribution in [2.24, 2.45) is 11.3 Å². The zero-order valence-corrected chi connectivity index (χ0v) is 21.7. The fourth-order valence-corrected chi connectivity index (χ4v) is 3.94.